The number of carboxylic acids is 1. The Morgan fingerprint density at radius 1 is 0.933 bits per heavy atom. The van der Waals surface area contributed by atoms with Gasteiger partial charge in [0.25, 0.3) is 0 Å². The van der Waals surface area contributed by atoms with E-state index in [0.717, 1.165) is 35.1 Å². The molecule has 0 aromatic heterocycles. The lowest BCUT2D eigenvalue weighted by Crippen LogP contribution is -2.53. The Bertz CT molecular complexity index is 1290. The van der Waals surface area contributed by atoms with E-state index in [1.54, 1.807) is 4.90 Å². The van der Waals surface area contributed by atoms with E-state index < -0.39 is 23.7 Å². The molecular weight excluding hydrogens is 576 g/mol. The summed E-state index contributed by atoms with van der Waals surface area (Å²) in [6, 6.07) is 14.7. The maximum Gasteiger partial charge on any atom is 0.407 e. The number of fused-ring (bicyclic) bond motifs is 3. The van der Waals surface area contributed by atoms with Gasteiger partial charge < -0.3 is 30.1 Å². The zero-order valence-corrected chi connectivity index (χ0v) is 26.5. The number of hydrogen-bond acceptors (Lipinski definition) is 7. The molecule has 3 amide bonds. The third-order valence-electron chi connectivity index (χ3n) is 9.00. The van der Waals surface area contributed by atoms with Crippen molar-refractivity contribution >= 4 is 24.1 Å². The molecule has 2 aliphatic rings. The summed E-state index contributed by atoms with van der Waals surface area (Å²) in [4.78, 5) is 53.1. The number of amides is 3. The van der Waals surface area contributed by atoms with Crippen molar-refractivity contribution < 1.29 is 33.8 Å². The zero-order chi connectivity index (χ0) is 32.4. The van der Waals surface area contributed by atoms with Gasteiger partial charge in [-0.3, -0.25) is 9.69 Å². The molecule has 3 N–H and O–H groups in total. The molecule has 4 rings (SSSR count). The summed E-state index contributed by atoms with van der Waals surface area (Å²) in [5, 5.41) is 15.0. The maximum absolute atomic E-state index is 12.6. The van der Waals surface area contributed by atoms with Crippen LogP contribution in [0.25, 0.3) is 11.1 Å². The number of carbonyl (C=O) groups excluding carboxylic acids is 3. The molecule has 1 aliphatic heterocycles. The van der Waals surface area contributed by atoms with E-state index in [1.807, 2.05) is 74.2 Å². The van der Waals surface area contributed by atoms with Crippen LogP contribution in [0.2, 0.25) is 0 Å². The monoisotopic (exact) mass is 622 g/mol. The van der Waals surface area contributed by atoms with Gasteiger partial charge in [0.2, 0.25) is 0 Å². The number of ether oxygens (including phenoxy) is 2. The molecule has 1 saturated heterocycles. The normalized spacial score (nSPS) is 15.5. The number of nitrogens with zero attached hydrogens (tertiary/aromatic N) is 2. The van der Waals surface area contributed by atoms with Crippen LogP contribution in [0.1, 0.15) is 69.9 Å². The molecule has 0 saturated carbocycles. The van der Waals surface area contributed by atoms with Gasteiger partial charge in [-0.25, -0.2) is 14.4 Å². The lowest BCUT2D eigenvalue weighted by molar-refractivity contribution is -0.160. The third kappa shape index (κ3) is 8.97. The van der Waals surface area contributed by atoms with E-state index in [4.69, 9.17) is 9.47 Å². The molecule has 1 fully saturated rings. The first-order valence-electron chi connectivity index (χ1n) is 16.0. The Labute approximate surface area is 265 Å². The fourth-order valence-electron chi connectivity index (χ4n) is 5.81. The molecule has 45 heavy (non-hydrogen) atoms. The number of benzene rings is 2. The Hall–Kier alpha value is -4.12. The van der Waals surface area contributed by atoms with Crippen molar-refractivity contribution in [2.45, 2.75) is 70.4 Å². The van der Waals surface area contributed by atoms with Crippen LogP contribution < -0.4 is 10.6 Å². The highest BCUT2D eigenvalue weighted by molar-refractivity contribution is 5.81. The smallest absolute Gasteiger partial charge is 0.407 e. The molecule has 1 heterocycles. The molecule has 0 unspecified atom stereocenters. The van der Waals surface area contributed by atoms with Crippen molar-refractivity contribution in [1.29, 1.82) is 0 Å². The number of piperazine rings is 1. The second-order valence-corrected chi connectivity index (χ2v) is 12.0. The molecule has 0 radical (unpaired) electrons. The number of alkyl carbamates (subject to hydrolysis) is 1. The predicted octanol–water partition coefficient (Wildman–Crippen LogP) is 4.60. The van der Waals surface area contributed by atoms with Crippen LogP contribution in [-0.2, 0) is 19.1 Å². The second-order valence-electron chi connectivity index (χ2n) is 12.0. The second kappa shape index (κ2) is 15.7. The molecule has 0 spiro atoms. The maximum atomic E-state index is 12.6. The van der Waals surface area contributed by atoms with Gasteiger partial charge in [0.15, 0.2) is 0 Å². The lowest BCUT2D eigenvalue weighted by Gasteiger charge is -2.35. The highest BCUT2D eigenvalue weighted by atomic mass is 16.6. The van der Waals surface area contributed by atoms with Crippen LogP contribution in [-0.4, -0.2) is 96.5 Å². The molecule has 1 aliphatic carbocycles. The van der Waals surface area contributed by atoms with Crippen molar-refractivity contribution in [1.82, 2.24) is 20.4 Å². The van der Waals surface area contributed by atoms with Gasteiger partial charge in [-0.05, 0) is 61.3 Å². The van der Waals surface area contributed by atoms with E-state index in [9.17, 15) is 24.3 Å². The fraction of sp³-hybridized carbons (Fsp3) is 0.529. The van der Waals surface area contributed by atoms with Crippen molar-refractivity contribution in [3.8, 4) is 11.1 Å². The summed E-state index contributed by atoms with van der Waals surface area (Å²) in [7, 11) is 0. The number of esters is 1. The van der Waals surface area contributed by atoms with E-state index >= 15 is 0 Å². The molecule has 2 aromatic rings. The van der Waals surface area contributed by atoms with Crippen molar-refractivity contribution in [3.63, 3.8) is 0 Å². The summed E-state index contributed by atoms with van der Waals surface area (Å²) in [5.74, 6) is -1.49. The van der Waals surface area contributed by atoms with Gasteiger partial charge in [-0.1, -0.05) is 62.4 Å². The Morgan fingerprint density at radius 3 is 2.11 bits per heavy atom. The average molecular weight is 623 g/mol. The quantitative estimate of drug-likeness (QED) is 0.205. The molecule has 244 valence electrons. The number of aliphatic carboxylic acids is 1. The summed E-state index contributed by atoms with van der Waals surface area (Å²) >= 11 is 0. The predicted molar refractivity (Wildman–Crippen MR) is 170 cm³/mol. The highest BCUT2D eigenvalue weighted by Gasteiger charge is 2.30. The zero-order valence-electron chi connectivity index (χ0n) is 26.5. The number of unbranched alkanes of at least 4 members (excludes halogenated alkanes) is 1. The summed E-state index contributed by atoms with van der Waals surface area (Å²) in [6.45, 7) is 8.81. The molecule has 0 bridgehead atoms. The van der Waals surface area contributed by atoms with Gasteiger partial charge in [0.05, 0.1) is 6.54 Å². The molecule has 11 nitrogen and oxygen atoms in total. The van der Waals surface area contributed by atoms with Crippen molar-refractivity contribution in [2.24, 2.45) is 0 Å². The number of rotatable bonds is 14. The number of hydrogen-bond donors (Lipinski definition) is 3. The third-order valence-corrected chi connectivity index (χ3v) is 9.00. The average Bonchev–Trinajstić information content (AvgIpc) is 3.36. The minimum absolute atomic E-state index is 0.105. The number of carboxylic acid groups (broad SMARTS) is 1. The SMILES string of the molecule is CCC(C)(CC)OC(=O)CN1CCN(C(=O)NCCCC[C@H](NC(=O)OCC2c3ccccc3-c3ccccc32)C(=O)O)CC1. The first-order chi connectivity index (χ1) is 21.6. The van der Waals surface area contributed by atoms with Crippen LogP contribution in [0.4, 0.5) is 9.59 Å². The topological polar surface area (TPSA) is 138 Å². The fourth-order valence-corrected chi connectivity index (χ4v) is 5.81. The highest BCUT2D eigenvalue weighted by Crippen LogP contribution is 2.44. The molecule has 1 atom stereocenters. The molecular formula is C34H46N4O7. The minimum atomic E-state index is -1.14. The number of carbonyl (C=O) groups is 4. The summed E-state index contributed by atoms with van der Waals surface area (Å²) in [5.41, 5.74) is 3.94. The van der Waals surface area contributed by atoms with Crippen LogP contribution in [0.15, 0.2) is 48.5 Å². The van der Waals surface area contributed by atoms with E-state index in [0.29, 0.717) is 45.6 Å². The van der Waals surface area contributed by atoms with Crippen molar-refractivity contribution in [3.05, 3.63) is 59.7 Å². The molecule has 11 heteroatoms. The van der Waals surface area contributed by atoms with Crippen LogP contribution >= 0.6 is 0 Å². The summed E-state index contributed by atoms with van der Waals surface area (Å²) < 4.78 is 11.2. The van der Waals surface area contributed by atoms with Crippen LogP contribution in [0.3, 0.4) is 0 Å². The van der Waals surface area contributed by atoms with Crippen LogP contribution in [0, 0.1) is 0 Å². The van der Waals surface area contributed by atoms with E-state index in [-0.39, 0.29) is 37.5 Å². The first kappa shape index (κ1) is 33.8. The Balaban J connectivity index is 1.12. The van der Waals surface area contributed by atoms with Gasteiger partial charge in [-0.2, -0.15) is 0 Å². The number of nitrogens with one attached hydrogen (secondary N) is 2. The summed E-state index contributed by atoms with van der Waals surface area (Å²) in [6.07, 6.45) is 2.01. The standard InChI is InChI=1S/C34H46N4O7/c1-4-34(3,5-2)45-30(39)22-37-18-20-38(21-19-37)32(42)35-17-11-10-16-29(31(40)41)36-33(43)44-23-28-26-14-8-6-12-24(26)25-13-7-9-15-27(25)28/h6-9,12-15,28-29H,4-5,10-11,16-23H2,1-3H3,(H,35,42)(H,36,43)(H,40,41)/t29-/m0/s1. The van der Waals surface area contributed by atoms with Crippen molar-refractivity contribution in [2.75, 3.05) is 45.9 Å². The van der Waals surface area contributed by atoms with Gasteiger partial charge in [0.1, 0.15) is 18.2 Å². The minimum Gasteiger partial charge on any atom is -0.480 e. The van der Waals surface area contributed by atoms with E-state index in [2.05, 4.69) is 10.6 Å². The first-order valence-corrected chi connectivity index (χ1v) is 16.0. The largest absolute Gasteiger partial charge is 0.480 e. The Kier molecular flexibility index (Phi) is 11.8. The number of urea groups is 1. The lowest BCUT2D eigenvalue weighted by atomic mass is 9.98. The van der Waals surface area contributed by atoms with E-state index in [1.165, 1.54) is 0 Å². The van der Waals surface area contributed by atoms with Crippen LogP contribution in [0.5, 0.6) is 0 Å². The van der Waals surface area contributed by atoms with Gasteiger partial charge >= 0.3 is 24.1 Å². The molecule has 2 aromatic carbocycles. The van der Waals surface area contributed by atoms with Gasteiger partial charge in [-0.15, -0.1) is 0 Å². The van der Waals surface area contributed by atoms with Gasteiger partial charge in [0, 0.05) is 38.6 Å². The Morgan fingerprint density at radius 2 is 1.53 bits per heavy atom.